The van der Waals surface area contributed by atoms with E-state index in [1.165, 1.54) is 20.6 Å². The summed E-state index contributed by atoms with van der Waals surface area (Å²) in [7, 11) is 0. The Hall–Kier alpha value is -2.55. The number of nitrogens with two attached hydrogens (primary N) is 8. The molecular weight excluding hydrogens is 619 g/mol. The second kappa shape index (κ2) is 119. The first-order chi connectivity index (χ1) is 12.6. The largest absolute Gasteiger partial charge is 2.00 e. The van der Waals surface area contributed by atoms with Crippen molar-refractivity contribution in [3.63, 3.8) is 0 Å². The predicted octanol–water partition coefficient (Wildman–Crippen LogP) is -3.12. The van der Waals surface area contributed by atoms with Crippen LogP contribution in [0.1, 0.15) is 0 Å². The van der Waals surface area contributed by atoms with Crippen LogP contribution in [0.5, 0.6) is 0 Å². The van der Waals surface area contributed by atoms with Crippen molar-refractivity contribution in [1.29, 1.82) is 0 Å². The van der Waals surface area contributed by atoms with Crippen LogP contribution >= 0.6 is 48.9 Å². The Balaban J connectivity index is -0.0000000141. The number of hydrogen-bond donors (Lipinski definition) is 8. The smallest absolute Gasteiger partial charge is 0.753 e. The average molecular weight is 641 g/mol. The molecule has 0 aliphatic rings. The van der Waals surface area contributed by atoms with E-state index in [1.807, 2.05) is 0 Å². The molecule has 0 heterocycles. The van der Waals surface area contributed by atoms with Crippen molar-refractivity contribution in [1.82, 2.24) is 0 Å². The van der Waals surface area contributed by atoms with E-state index in [0.29, 0.717) is 0 Å². The van der Waals surface area contributed by atoms with Gasteiger partial charge in [-0.2, -0.15) is 20.6 Å². The minimum atomic E-state index is -0.833. The van der Waals surface area contributed by atoms with Crippen molar-refractivity contribution in [2.24, 2.45) is 45.9 Å². The van der Waals surface area contributed by atoms with Gasteiger partial charge in [0.2, 0.25) is 0 Å². The van der Waals surface area contributed by atoms with Crippen molar-refractivity contribution >= 4 is 93.6 Å². The molecule has 176 valence electrons. The molecule has 0 aromatic carbocycles. The van der Waals surface area contributed by atoms with Crippen molar-refractivity contribution in [2.45, 2.75) is 0 Å². The minimum Gasteiger partial charge on any atom is -0.753 e. The van der Waals surface area contributed by atoms with Gasteiger partial charge in [-0.15, -0.1) is 0 Å². The number of urea groups is 4. The Morgan fingerprint density at radius 2 is 0.438 bits per heavy atom. The minimum absolute atomic E-state index is 0. The maximum atomic E-state index is 9.00. The quantitative estimate of drug-likeness (QED) is 0.0577. The van der Waals surface area contributed by atoms with E-state index in [4.69, 9.17) is 40.8 Å². The molecule has 0 atom stereocenters. The Morgan fingerprint density at radius 3 is 0.438 bits per heavy atom. The van der Waals surface area contributed by atoms with Crippen LogP contribution < -0.4 is 45.9 Å². The van der Waals surface area contributed by atoms with Crippen LogP contribution in [0.3, 0.4) is 0 Å². The van der Waals surface area contributed by atoms with E-state index >= 15 is 0 Å². The number of rotatable bonds is 0. The van der Waals surface area contributed by atoms with Gasteiger partial charge in [0.25, 0.3) is 0 Å². The summed E-state index contributed by atoms with van der Waals surface area (Å²) < 4.78 is 0. The molecule has 0 fully saturated rings. The van der Waals surface area contributed by atoms with Crippen LogP contribution in [0.25, 0.3) is 21.6 Å². The normalized spacial score (nSPS) is 4.00. The van der Waals surface area contributed by atoms with Crippen LogP contribution in [0.4, 0.5) is 19.2 Å². The van der Waals surface area contributed by atoms with Gasteiger partial charge in [-0.1, -0.05) is 48.9 Å². The molecule has 0 bridgehead atoms. The zero-order chi connectivity index (χ0) is 25.1. The second-order valence-corrected chi connectivity index (χ2v) is 2.70. The van der Waals surface area contributed by atoms with Gasteiger partial charge in [0.15, 0.2) is 0 Å². The molecule has 22 N–H and O–H groups in total. The third-order valence-electron chi connectivity index (χ3n) is 0. The topological polar surface area (TPSA) is 432 Å². The second-order valence-electron chi connectivity index (χ2n) is 1.97. The molecule has 0 radical (unpaired) electrons. The Morgan fingerprint density at radius 1 is 0.438 bits per heavy atom. The fraction of sp³-hybridized carbons (Fsp3) is 0. The zero-order valence-corrected chi connectivity index (χ0v) is 25.4. The third-order valence-corrected chi connectivity index (χ3v) is 0. The monoisotopic (exact) mass is 638 g/mol. The van der Waals surface area contributed by atoms with Gasteiger partial charge in [0.1, 0.15) is 0 Å². The number of amides is 8. The van der Waals surface area contributed by atoms with Crippen LogP contribution in [-0.2, 0) is 49.9 Å². The number of isothiocyanates is 4. The Kier molecular flexibility index (Phi) is 290. The van der Waals surface area contributed by atoms with Crippen LogP contribution in [-0.4, -0.2) is 44.8 Å². The van der Waals surface area contributed by atoms with Gasteiger partial charge >= 0.3 is 63.1 Å². The molecule has 0 saturated carbocycles. The molecule has 0 aliphatic heterocycles. The van der Waals surface area contributed by atoms with Gasteiger partial charge in [0, 0.05) is 0 Å². The van der Waals surface area contributed by atoms with Crippen molar-refractivity contribution in [2.75, 3.05) is 0 Å². The number of carbonyl (C=O) groups excluding carboxylic acids is 4. The number of hydrogen-bond acceptors (Lipinski definition) is 8. The number of carbonyl (C=O) groups is 4. The maximum Gasteiger partial charge on any atom is 2.00 e. The first-order valence-corrected chi connectivity index (χ1v) is 6.47. The van der Waals surface area contributed by atoms with E-state index in [-0.39, 0.29) is 49.9 Å². The summed E-state index contributed by atoms with van der Waals surface area (Å²) in [5.41, 5.74) is 34.0. The summed E-state index contributed by atoms with van der Waals surface area (Å²) >= 11 is 14.8. The Labute approximate surface area is 229 Å². The molecule has 18 nitrogen and oxygen atoms in total. The van der Waals surface area contributed by atoms with Gasteiger partial charge in [0.05, 0.1) is 0 Å². The summed E-state index contributed by atoms with van der Waals surface area (Å²) in [4.78, 5) is 36.0. The van der Waals surface area contributed by atoms with Crippen molar-refractivity contribution < 1.29 is 69.1 Å². The molecule has 32 heavy (non-hydrogen) atoms. The average Bonchev–Trinajstić information content (AvgIpc) is 2.38. The van der Waals surface area contributed by atoms with E-state index in [1.54, 1.807) is 0 Å². The van der Waals surface area contributed by atoms with Gasteiger partial charge in [-0.3, -0.25) is 0 Å². The molecule has 0 saturated heterocycles. The van der Waals surface area contributed by atoms with Gasteiger partial charge < -0.3 is 78.5 Å². The maximum absolute atomic E-state index is 9.00. The predicted molar refractivity (Wildman–Crippen MR) is 129 cm³/mol. The molecule has 0 aliphatic carbocycles. The van der Waals surface area contributed by atoms with E-state index in [2.05, 4.69) is 94.7 Å². The fourth-order valence-corrected chi connectivity index (χ4v) is 0. The van der Waals surface area contributed by atoms with Crippen LogP contribution in [0, 0.1) is 0 Å². The summed E-state index contributed by atoms with van der Waals surface area (Å²) in [6.07, 6.45) is 0. The zero-order valence-electron chi connectivity index (χ0n) is 16.2. The summed E-state index contributed by atoms with van der Waals surface area (Å²) in [5, 5.41) is 33.9. The molecule has 0 rings (SSSR count). The molecule has 8 amide bonds. The van der Waals surface area contributed by atoms with Crippen molar-refractivity contribution in [3.05, 3.63) is 21.6 Å². The number of thiocarbonyl (C=S) groups is 4. The van der Waals surface area contributed by atoms with Crippen molar-refractivity contribution in [3.8, 4) is 0 Å². The molecule has 0 unspecified atom stereocenters. The van der Waals surface area contributed by atoms with E-state index in [9.17, 15) is 0 Å². The standard InChI is InChI=1S/4CH4N2O.4CNS.2H2O.2Zn/c4*2-1(3)4;4*2-1-3;;;;/h4*(H4,2,3,4);;;;;2*1H2;;/q;;;;4*-1;;;2*+2/p+2. The molecule has 24 heteroatoms. The third kappa shape index (κ3) is 2940. The fourth-order valence-electron chi connectivity index (χ4n) is 0. The van der Waals surface area contributed by atoms with Gasteiger partial charge in [-0.05, 0) is 0 Å². The summed E-state index contributed by atoms with van der Waals surface area (Å²) in [5.74, 6) is 0. The van der Waals surface area contributed by atoms with Crippen LogP contribution in [0.15, 0.2) is 0 Å². The number of primary amides is 8. The Bertz CT molecular complexity index is 436. The first kappa shape index (κ1) is 78.3. The van der Waals surface area contributed by atoms with Gasteiger partial charge in [-0.25, -0.2) is 19.2 Å². The van der Waals surface area contributed by atoms with E-state index in [0.717, 1.165) is 0 Å². The first-order valence-electron chi connectivity index (χ1n) is 4.84. The molecule has 0 aromatic heterocycles. The van der Waals surface area contributed by atoms with E-state index < -0.39 is 24.1 Å². The number of nitrogens with zero attached hydrogens (tertiary/aromatic N) is 4. The summed E-state index contributed by atoms with van der Waals surface area (Å²) in [6, 6.07) is -3.33. The molecular formula is C8H22N12O6S4Zn2+2. The van der Waals surface area contributed by atoms with Crippen LogP contribution in [0.2, 0.25) is 0 Å². The summed E-state index contributed by atoms with van der Waals surface area (Å²) in [6.45, 7) is 0. The molecule has 0 aromatic rings. The molecule has 0 spiro atoms. The SMILES string of the molecule is NC(N)=O.NC(N)=O.NC(N)=O.NC(N)=O.[N-]=C=S.[N-]=C=S.[N-]=C=S.[N-]=C=S.[OH3+].[OH3+].[Zn+2].[Zn+2].